The van der Waals surface area contributed by atoms with Crippen LogP contribution < -0.4 is 4.90 Å². The van der Waals surface area contributed by atoms with E-state index in [4.69, 9.17) is 11.6 Å². The quantitative estimate of drug-likeness (QED) is 0.439. The van der Waals surface area contributed by atoms with Crippen molar-refractivity contribution in [3.05, 3.63) is 52.4 Å². The largest absolute Gasteiger partial charge is 0.349 e. The number of nitrogens with zero attached hydrogens (tertiary/aromatic N) is 6. The van der Waals surface area contributed by atoms with Crippen LogP contribution in [0.2, 0.25) is 5.02 Å². The number of likely N-dealkylation sites (tertiary alicyclic amines) is 2. The first-order chi connectivity index (χ1) is 18.5. The van der Waals surface area contributed by atoms with Gasteiger partial charge in [-0.25, -0.2) is 9.97 Å². The van der Waals surface area contributed by atoms with E-state index < -0.39 is 0 Å². The Kier molecular flexibility index (Phi) is 9.14. The summed E-state index contributed by atoms with van der Waals surface area (Å²) in [7, 11) is 2.21. The lowest BCUT2D eigenvalue weighted by Gasteiger charge is -2.43. The zero-order valence-electron chi connectivity index (χ0n) is 23.0. The van der Waals surface area contributed by atoms with Crippen LogP contribution in [0.3, 0.4) is 0 Å². The van der Waals surface area contributed by atoms with Crippen LogP contribution in [0.25, 0.3) is 0 Å². The van der Waals surface area contributed by atoms with Gasteiger partial charge < -0.3 is 14.7 Å². The Bertz CT molecular complexity index is 1100. The van der Waals surface area contributed by atoms with Gasteiger partial charge in [0.2, 0.25) is 0 Å². The normalized spacial score (nSPS) is 22.3. The molecule has 0 bridgehead atoms. The fraction of sp³-hybridized carbons (Fsp3) is 0.621. The number of carbonyl (C=O) groups is 1. The van der Waals surface area contributed by atoms with Crippen molar-refractivity contribution in [1.82, 2.24) is 24.1 Å². The molecule has 1 aromatic heterocycles. The minimum atomic E-state index is 0.0428. The van der Waals surface area contributed by atoms with Crippen molar-refractivity contribution < 1.29 is 4.79 Å². The van der Waals surface area contributed by atoms with Crippen molar-refractivity contribution >= 4 is 35.3 Å². The van der Waals surface area contributed by atoms with Gasteiger partial charge in [-0.2, -0.15) is 0 Å². The minimum Gasteiger partial charge on any atom is -0.349 e. The molecular formula is C29H41ClN6OS. The zero-order valence-corrected chi connectivity index (χ0v) is 24.6. The summed E-state index contributed by atoms with van der Waals surface area (Å²) in [6.07, 6.45) is 11.6. The topological polar surface area (TPSA) is 55.8 Å². The van der Waals surface area contributed by atoms with E-state index in [1.807, 2.05) is 35.9 Å². The first-order valence-corrected chi connectivity index (χ1v) is 15.7. The van der Waals surface area contributed by atoms with E-state index in [1.165, 1.54) is 24.8 Å². The summed E-state index contributed by atoms with van der Waals surface area (Å²) in [6.45, 7) is 6.83. The third kappa shape index (κ3) is 5.98. The minimum absolute atomic E-state index is 0.0428. The Morgan fingerprint density at radius 1 is 1.03 bits per heavy atom. The second-order valence-corrected chi connectivity index (χ2v) is 12.3. The first kappa shape index (κ1) is 27.7. The average Bonchev–Trinajstić information content (AvgIpc) is 2.97. The summed E-state index contributed by atoms with van der Waals surface area (Å²) < 4.78 is 2.40. The van der Waals surface area contributed by atoms with E-state index in [2.05, 4.69) is 49.5 Å². The van der Waals surface area contributed by atoms with Crippen molar-refractivity contribution in [2.75, 3.05) is 50.9 Å². The number of piperidine rings is 3. The number of aromatic nitrogens is 2. The fourth-order valence-electron chi connectivity index (χ4n) is 6.54. The van der Waals surface area contributed by atoms with E-state index in [9.17, 15) is 4.79 Å². The highest BCUT2D eigenvalue weighted by Crippen LogP contribution is 2.37. The van der Waals surface area contributed by atoms with Crippen LogP contribution in [0, 0.1) is 6.92 Å². The molecule has 0 N–H and O–H groups in total. The van der Waals surface area contributed by atoms with Crippen LogP contribution in [0.4, 0.5) is 5.82 Å². The van der Waals surface area contributed by atoms with Gasteiger partial charge in [-0.15, -0.1) is 0 Å². The molecule has 7 nitrogen and oxygen atoms in total. The number of hydrogen-bond donors (Lipinski definition) is 0. The van der Waals surface area contributed by atoms with Crippen molar-refractivity contribution in [2.45, 2.75) is 70.0 Å². The summed E-state index contributed by atoms with van der Waals surface area (Å²) in [5.74, 6) is 0.919. The maximum absolute atomic E-state index is 13.7. The third-order valence-electron chi connectivity index (χ3n) is 8.84. The monoisotopic (exact) mass is 556 g/mol. The lowest BCUT2D eigenvalue weighted by atomic mass is 9.94. The summed E-state index contributed by atoms with van der Waals surface area (Å²) in [5, 5.41) is 0.753. The van der Waals surface area contributed by atoms with Crippen LogP contribution in [-0.4, -0.2) is 88.1 Å². The van der Waals surface area contributed by atoms with E-state index in [0.29, 0.717) is 17.8 Å². The lowest BCUT2D eigenvalue weighted by molar-refractivity contribution is 0.0545. The summed E-state index contributed by atoms with van der Waals surface area (Å²) >= 11 is 8.16. The van der Waals surface area contributed by atoms with Gasteiger partial charge in [-0.1, -0.05) is 35.7 Å². The van der Waals surface area contributed by atoms with Crippen LogP contribution in [0.5, 0.6) is 0 Å². The average molecular weight is 557 g/mol. The van der Waals surface area contributed by atoms with Gasteiger partial charge >= 0.3 is 0 Å². The van der Waals surface area contributed by atoms with Gasteiger partial charge in [0.1, 0.15) is 17.8 Å². The van der Waals surface area contributed by atoms with Crippen molar-refractivity contribution in [1.29, 1.82) is 0 Å². The Morgan fingerprint density at radius 2 is 1.79 bits per heavy atom. The molecular weight excluding hydrogens is 516 g/mol. The van der Waals surface area contributed by atoms with Crippen LogP contribution in [-0.2, 0) is 0 Å². The molecule has 0 spiro atoms. The van der Waals surface area contributed by atoms with Crippen LogP contribution in [0.15, 0.2) is 30.6 Å². The molecule has 9 heteroatoms. The molecule has 1 unspecified atom stereocenters. The van der Waals surface area contributed by atoms with Gasteiger partial charge in [-0.05, 0) is 96.0 Å². The fourth-order valence-corrected chi connectivity index (χ4v) is 7.25. The molecule has 5 rings (SSSR count). The molecule has 0 saturated carbocycles. The molecule has 206 valence electrons. The van der Waals surface area contributed by atoms with Gasteiger partial charge in [0, 0.05) is 42.3 Å². The molecule has 2 aromatic rings. The Labute approximate surface area is 237 Å². The number of carbonyl (C=O) groups excluding carboxylic acids is 1. The number of anilines is 1. The highest BCUT2D eigenvalue weighted by Gasteiger charge is 2.33. The third-order valence-corrected chi connectivity index (χ3v) is 9.95. The predicted octanol–water partition coefficient (Wildman–Crippen LogP) is 5.45. The first-order valence-electron chi connectivity index (χ1n) is 14.1. The smallest absolute Gasteiger partial charge is 0.272 e. The van der Waals surface area contributed by atoms with Crippen molar-refractivity contribution in [2.24, 2.45) is 0 Å². The molecule has 3 fully saturated rings. The van der Waals surface area contributed by atoms with Crippen molar-refractivity contribution in [3.8, 4) is 0 Å². The summed E-state index contributed by atoms with van der Waals surface area (Å²) in [4.78, 5) is 29.9. The number of benzene rings is 1. The highest BCUT2D eigenvalue weighted by molar-refractivity contribution is 7.96. The predicted molar refractivity (Wildman–Crippen MR) is 157 cm³/mol. The molecule has 0 aliphatic carbocycles. The standard InChI is InChI=1S/C29H41ClN6OS/c1-21-27(29(37)35-17-12-25(13-18-35)34-15-10-24(11-16-34)33(2)38-3)31-20-32-28(21)36-14-5-4-9-26(36)22-7-6-8-23(30)19-22/h6-8,19-20,24-26H,4-5,9-18H2,1-3H3. The summed E-state index contributed by atoms with van der Waals surface area (Å²) in [5.41, 5.74) is 2.63. The lowest BCUT2D eigenvalue weighted by Crippen LogP contribution is -2.51. The molecule has 1 aromatic carbocycles. The molecule has 38 heavy (non-hydrogen) atoms. The number of amides is 1. The van der Waals surface area contributed by atoms with Crippen molar-refractivity contribution in [3.63, 3.8) is 0 Å². The van der Waals surface area contributed by atoms with Gasteiger partial charge in [-0.3, -0.25) is 9.10 Å². The highest BCUT2D eigenvalue weighted by atomic mass is 35.5. The van der Waals surface area contributed by atoms with Gasteiger partial charge in [0.15, 0.2) is 0 Å². The van der Waals surface area contributed by atoms with Gasteiger partial charge in [0.25, 0.3) is 5.91 Å². The van der Waals surface area contributed by atoms with E-state index >= 15 is 0 Å². The Hall–Kier alpha value is -1.87. The number of rotatable bonds is 6. The summed E-state index contributed by atoms with van der Waals surface area (Å²) in [6, 6.07) is 9.59. The SMILES string of the molecule is CSN(C)C1CCN(C2CCN(C(=O)c3ncnc(N4CCCCC4c4cccc(Cl)c4)c3C)CC2)CC1. The second-order valence-electron chi connectivity index (χ2n) is 11.0. The van der Waals surface area contributed by atoms with E-state index in [0.717, 1.165) is 74.8 Å². The molecule has 4 heterocycles. The Morgan fingerprint density at radius 3 is 2.50 bits per heavy atom. The van der Waals surface area contributed by atoms with Crippen LogP contribution >= 0.6 is 23.5 Å². The molecule has 3 saturated heterocycles. The zero-order chi connectivity index (χ0) is 26.6. The van der Waals surface area contributed by atoms with Gasteiger partial charge in [0.05, 0.1) is 6.04 Å². The maximum atomic E-state index is 13.7. The number of halogens is 1. The Balaban J connectivity index is 1.24. The maximum Gasteiger partial charge on any atom is 0.272 e. The molecule has 1 amide bonds. The number of hydrogen-bond acceptors (Lipinski definition) is 7. The molecule has 0 radical (unpaired) electrons. The molecule has 3 aliphatic heterocycles. The van der Waals surface area contributed by atoms with E-state index in [1.54, 1.807) is 6.33 Å². The van der Waals surface area contributed by atoms with Crippen LogP contribution in [0.1, 0.15) is 72.6 Å². The second kappa shape index (κ2) is 12.5. The molecule has 1 atom stereocenters. The molecule has 3 aliphatic rings. The van der Waals surface area contributed by atoms with E-state index in [-0.39, 0.29) is 11.9 Å².